The molecule has 2 rings (SSSR count). The molecule has 92 valence electrons. The van der Waals surface area contributed by atoms with E-state index in [0.717, 1.165) is 25.8 Å². The molecule has 2 aliphatic rings. The van der Waals surface area contributed by atoms with Gasteiger partial charge >= 0.3 is 0 Å². The molecule has 0 aromatic rings. The van der Waals surface area contributed by atoms with Crippen LogP contribution in [0.3, 0.4) is 0 Å². The molecule has 0 radical (unpaired) electrons. The Kier molecular flexibility index (Phi) is 4.22. The molecular weight excluding hydrogens is 200 g/mol. The van der Waals surface area contributed by atoms with Crippen LogP contribution in [0.5, 0.6) is 0 Å². The first-order valence-corrected chi connectivity index (χ1v) is 6.78. The Labute approximate surface area is 98.6 Å². The summed E-state index contributed by atoms with van der Waals surface area (Å²) >= 11 is 0. The molecule has 0 bridgehead atoms. The van der Waals surface area contributed by atoms with E-state index in [1.54, 1.807) is 0 Å². The maximum absolute atomic E-state index is 9.92. The van der Waals surface area contributed by atoms with Crippen molar-refractivity contribution < 1.29 is 5.11 Å². The minimum Gasteiger partial charge on any atom is -0.393 e. The number of rotatable bonds is 4. The minimum atomic E-state index is -0.125. The van der Waals surface area contributed by atoms with E-state index in [9.17, 15) is 5.11 Å². The molecular formula is C13H24N2O. The van der Waals surface area contributed by atoms with E-state index in [2.05, 4.69) is 16.8 Å². The number of aliphatic hydroxyl groups is 1. The van der Waals surface area contributed by atoms with Crippen LogP contribution in [0.15, 0.2) is 4.99 Å². The molecule has 0 amide bonds. The van der Waals surface area contributed by atoms with Crippen molar-refractivity contribution in [1.82, 2.24) is 4.90 Å². The van der Waals surface area contributed by atoms with Crippen LogP contribution in [0.2, 0.25) is 0 Å². The van der Waals surface area contributed by atoms with Crippen molar-refractivity contribution in [2.75, 3.05) is 19.6 Å². The first-order chi connectivity index (χ1) is 7.81. The zero-order valence-electron chi connectivity index (χ0n) is 10.4. The highest BCUT2D eigenvalue weighted by Gasteiger charge is 2.29. The van der Waals surface area contributed by atoms with Crippen molar-refractivity contribution in [2.45, 2.75) is 51.6 Å². The van der Waals surface area contributed by atoms with Gasteiger partial charge in [-0.15, -0.1) is 0 Å². The average molecular weight is 224 g/mol. The molecule has 2 unspecified atom stereocenters. The molecule has 0 saturated carbocycles. The largest absolute Gasteiger partial charge is 0.393 e. The molecule has 0 spiro atoms. The van der Waals surface area contributed by atoms with Gasteiger partial charge in [-0.05, 0) is 32.1 Å². The Bertz CT molecular complexity index is 252. The Hall–Kier alpha value is -0.570. The number of nitrogens with zero attached hydrogens (tertiary/aromatic N) is 2. The first kappa shape index (κ1) is 11.9. The lowest BCUT2D eigenvalue weighted by Crippen LogP contribution is -2.45. The zero-order valence-corrected chi connectivity index (χ0v) is 10.4. The maximum atomic E-state index is 9.92. The fourth-order valence-corrected chi connectivity index (χ4v) is 2.94. The van der Waals surface area contributed by atoms with Gasteiger partial charge in [0.25, 0.3) is 0 Å². The van der Waals surface area contributed by atoms with Crippen LogP contribution in [-0.4, -0.2) is 41.6 Å². The van der Waals surface area contributed by atoms with Gasteiger partial charge in [0, 0.05) is 25.6 Å². The Morgan fingerprint density at radius 3 is 3.06 bits per heavy atom. The van der Waals surface area contributed by atoms with Gasteiger partial charge in [-0.3, -0.25) is 4.99 Å². The molecule has 3 heteroatoms. The van der Waals surface area contributed by atoms with Crippen molar-refractivity contribution in [3.8, 4) is 0 Å². The second-order valence-electron chi connectivity index (χ2n) is 5.10. The topological polar surface area (TPSA) is 35.8 Å². The minimum absolute atomic E-state index is 0.125. The molecule has 0 aromatic heterocycles. The van der Waals surface area contributed by atoms with Crippen molar-refractivity contribution in [3.63, 3.8) is 0 Å². The summed E-state index contributed by atoms with van der Waals surface area (Å²) in [6.45, 7) is 5.49. The van der Waals surface area contributed by atoms with Crippen LogP contribution in [0.4, 0.5) is 0 Å². The smallest absolute Gasteiger partial charge is 0.102 e. The third kappa shape index (κ3) is 2.76. The van der Waals surface area contributed by atoms with Crippen LogP contribution in [0.1, 0.15) is 45.4 Å². The van der Waals surface area contributed by atoms with Gasteiger partial charge in [0.15, 0.2) is 0 Å². The van der Waals surface area contributed by atoms with Gasteiger partial charge in [0.2, 0.25) is 0 Å². The Morgan fingerprint density at radius 2 is 2.25 bits per heavy atom. The summed E-state index contributed by atoms with van der Waals surface area (Å²) in [5.41, 5.74) is 0. The third-order valence-corrected chi connectivity index (χ3v) is 3.71. The Balaban J connectivity index is 1.94. The summed E-state index contributed by atoms with van der Waals surface area (Å²) in [6.07, 6.45) is 6.49. The molecule has 2 aliphatic heterocycles. The highest BCUT2D eigenvalue weighted by Crippen LogP contribution is 2.26. The number of hydrogen-bond acceptors (Lipinski definition) is 3. The summed E-state index contributed by atoms with van der Waals surface area (Å²) in [4.78, 5) is 7.12. The van der Waals surface area contributed by atoms with Crippen LogP contribution < -0.4 is 0 Å². The average Bonchev–Trinajstić information content (AvgIpc) is 2.30. The lowest BCUT2D eigenvalue weighted by atomic mass is 9.89. The normalized spacial score (nSPS) is 27.2. The second-order valence-corrected chi connectivity index (χ2v) is 5.10. The van der Waals surface area contributed by atoms with E-state index in [0.29, 0.717) is 5.92 Å². The van der Waals surface area contributed by atoms with Gasteiger partial charge in [-0.25, -0.2) is 0 Å². The highest BCUT2D eigenvalue weighted by atomic mass is 16.3. The van der Waals surface area contributed by atoms with Gasteiger partial charge in [0.1, 0.15) is 5.84 Å². The molecule has 0 aliphatic carbocycles. The van der Waals surface area contributed by atoms with Crippen LogP contribution in [0, 0.1) is 5.92 Å². The SMILES string of the molecule is CCCC(O)CC1CCCN2CCCN=C12. The predicted octanol–water partition coefficient (Wildman–Crippen LogP) is 2.05. The van der Waals surface area contributed by atoms with E-state index in [1.165, 1.54) is 38.2 Å². The zero-order chi connectivity index (χ0) is 11.4. The fraction of sp³-hybridized carbons (Fsp3) is 0.923. The molecule has 16 heavy (non-hydrogen) atoms. The van der Waals surface area contributed by atoms with Crippen LogP contribution in [-0.2, 0) is 0 Å². The molecule has 3 nitrogen and oxygen atoms in total. The second kappa shape index (κ2) is 5.67. The van der Waals surface area contributed by atoms with E-state index >= 15 is 0 Å². The van der Waals surface area contributed by atoms with Crippen molar-refractivity contribution in [3.05, 3.63) is 0 Å². The summed E-state index contributed by atoms with van der Waals surface area (Å²) in [7, 11) is 0. The summed E-state index contributed by atoms with van der Waals surface area (Å²) in [5, 5.41) is 9.92. The number of amidine groups is 1. The van der Waals surface area contributed by atoms with E-state index in [-0.39, 0.29) is 6.10 Å². The number of hydrogen-bond donors (Lipinski definition) is 1. The van der Waals surface area contributed by atoms with Gasteiger partial charge < -0.3 is 10.0 Å². The van der Waals surface area contributed by atoms with Gasteiger partial charge in [0.05, 0.1) is 6.10 Å². The molecule has 2 atom stereocenters. The molecule has 2 heterocycles. The fourth-order valence-electron chi connectivity index (χ4n) is 2.94. The number of aliphatic imine (C=N–C) groups is 1. The van der Waals surface area contributed by atoms with Crippen molar-refractivity contribution in [1.29, 1.82) is 0 Å². The first-order valence-electron chi connectivity index (χ1n) is 6.78. The number of aliphatic hydroxyl groups excluding tert-OH is 1. The number of piperidine rings is 1. The van der Waals surface area contributed by atoms with Crippen molar-refractivity contribution in [2.24, 2.45) is 10.9 Å². The van der Waals surface area contributed by atoms with E-state index in [1.807, 2.05) is 0 Å². The third-order valence-electron chi connectivity index (χ3n) is 3.71. The van der Waals surface area contributed by atoms with E-state index in [4.69, 9.17) is 0 Å². The van der Waals surface area contributed by atoms with Gasteiger partial charge in [-0.2, -0.15) is 0 Å². The van der Waals surface area contributed by atoms with Gasteiger partial charge in [-0.1, -0.05) is 13.3 Å². The lowest BCUT2D eigenvalue weighted by molar-refractivity contribution is 0.133. The summed E-state index contributed by atoms with van der Waals surface area (Å²) in [6, 6.07) is 0. The summed E-state index contributed by atoms with van der Waals surface area (Å²) < 4.78 is 0. The summed E-state index contributed by atoms with van der Waals surface area (Å²) in [5.74, 6) is 1.82. The highest BCUT2D eigenvalue weighted by molar-refractivity contribution is 5.85. The number of fused-ring (bicyclic) bond motifs is 1. The quantitative estimate of drug-likeness (QED) is 0.793. The Morgan fingerprint density at radius 1 is 1.44 bits per heavy atom. The van der Waals surface area contributed by atoms with E-state index < -0.39 is 0 Å². The monoisotopic (exact) mass is 224 g/mol. The lowest BCUT2D eigenvalue weighted by Gasteiger charge is -2.38. The standard InChI is InChI=1S/C13H24N2O/c1-2-5-12(16)10-11-6-3-8-15-9-4-7-14-13(11)15/h11-12,16H,2-10H2,1H3. The van der Waals surface area contributed by atoms with Crippen molar-refractivity contribution >= 4 is 5.84 Å². The van der Waals surface area contributed by atoms with Crippen LogP contribution in [0.25, 0.3) is 0 Å². The molecule has 0 aromatic carbocycles. The molecule has 1 fully saturated rings. The predicted molar refractivity (Wildman–Crippen MR) is 66.7 cm³/mol. The van der Waals surface area contributed by atoms with Crippen LogP contribution >= 0.6 is 0 Å². The maximum Gasteiger partial charge on any atom is 0.102 e. The molecule has 1 N–H and O–H groups in total. The molecule has 1 saturated heterocycles.